The second-order valence-electron chi connectivity index (χ2n) is 4.88. The lowest BCUT2D eigenvalue weighted by Crippen LogP contribution is -2.12. The Bertz CT molecular complexity index is 641. The zero-order valence-corrected chi connectivity index (χ0v) is 12.5. The topological polar surface area (TPSA) is 21.3 Å². The molecule has 2 rings (SSSR count). The average Bonchev–Trinajstić information content (AvgIpc) is 2.48. The molecule has 1 N–H and O–H groups in total. The standard InChI is InChI=1S/C17H19F2NO/c1-4-20-10-12-8-13(21-3)5-6-14(12)15-7-11(2)16(18)9-17(15)19/h5-9,20H,4,10H2,1-3H3. The minimum atomic E-state index is -0.555. The smallest absolute Gasteiger partial charge is 0.133 e. The molecular formula is C17H19F2NO. The molecule has 0 aliphatic carbocycles. The van der Waals surface area contributed by atoms with E-state index in [0.717, 1.165) is 23.7 Å². The Morgan fingerprint density at radius 3 is 2.48 bits per heavy atom. The SMILES string of the molecule is CCNCc1cc(OC)ccc1-c1cc(C)c(F)cc1F. The Morgan fingerprint density at radius 1 is 1.05 bits per heavy atom. The highest BCUT2D eigenvalue weighted by atomic mass is 19.1. The predicted octanol–water partition coefficient (Wildman–Crippen LogP) is 4.06. The van der Waals surface area contributed by atoms with Crippen LogP contribution in [0.3, 0.4) is 0 Å². The molecular weight excluding hydrogens is 272 g/mol. The first-order valence-electron chi connectivity index (χ1n) is 6.90. The van der Waals surface area contributed by atoms with Crippen molar-refractivity contribution in [3.8, 4) is 16.9 Å². The Kier molecular flexibility index (Phi) is 4.91. The number of hydrogen-bond donors (Lipinski definition) is 1. The number of aryl methyl sites for hydroxylation is 1. The van der Waals surface area contributed by atoms with Gasteiger partial charge in [0.15, 0.2) is 0 Å². The first-order valence-corrected chi connectivity index (χ1v) is 6.90. The third kappa shape index (κ3) is 3.39. The van der Waals surface area contributed by atoms with Gasteiger partial charge in [-0.25, -0.2) is 8.78 Å². The lowest BCUT2D eigenvalue weighted by Gasteiger charge is -2.14. The van der Waals surface area contributed by atoms with Crippen LogP contribution in [0, 0.1) is 18.6 Å². The maximum Gasteiger partial charge on any atom is 0.133 e. The zero-order valence-electron chi connectivity index (χ0n) is 12.5. The maximum absolute atomic E-state index is 14.1. The summed E-state index contributed by atoms with van der Waals surface area (Å²) >= 11 is 0. The molecule has 0 bridgehead atoms. The summed E-state index contributed by atoms with van der Waals surface area (Å²) in [6.07, 6.45) is 0. The number of benzene rings is 2. The largest absolute Gasteiger partial charge is 0.497 e. The van der Waals surface area contributed by atoms with E-state index in [4.69, 9.17) is 4.74 Å². The van der Waals surface area contributed by atoms with Crippen LogP contribution in [0.25, 0.3) is 11.1 Å². The Hall–Kier alpha value is -1.94. The third-order valence-electron chi connectivity index (χ3n) is 3.42. The van der Waals surface area contributed by atoms with Crippen LogP contribution in [-0.4, -0.2) is 13.7 Å². The fourth-order valence-corrected chi connectivity index (χ4v) is 2.23. The highest BCUT2D eigenvalue weighted by Gasteiger charge is 2.13. The number of methoxy groups -OCH3 is 1. The van der Waals surface area contributed by atoms with Crippen molar-refractivity contribution in [3.63, 3.8) is 0 Å². The number of ether oxygens (including phenoxy) is 1. The lowest BCUT2D eigenvalue weighted by atomic mass is 9.97. The van der Waals surface area contributed by atoms with Crippen molar-refractivity contribution >= 4 is 0 Å². The van der Waals surface area contributed by atoms with Gasteiger partial charge in [0.05, 0.1) is 7.11 Å². The molecule has 2 nitrogen and oxygen atoms in total. The van der Waals surface area contributed by atoms with Crippen molar-refractivity contribution in [1.29, 1.82) is 0 Å². The van der Waals surface area contributed by atoms with Gasteiger partial charge in [-0.3, -0.25) is 0 Å². The van der Waals surface area contributed by atoms with Gasteiger partial charge in [0.1, 0.15) is 17.4 Å². The molecule has 0 radical (unpaired) electrons. The van der Waals surface area contributed by atoms with Gasteiger partial charge in [0, 0.05) is 18.2 Å². The van der Waals surface area contributed by atoms with Crippen molar-refractivity contribution in [3.05, 3.63) is 53.1 Å². The lowest BCUT2D eigenvalue weighted by molar-refractivity contribution is 0.414. The third-order valence-corrected chi connectivity index (χ3v) is 3.42. The highest BCUT2D eigenvalue weighted by Crippen LogP contribution is 2.31. The van der Waals surface area contributed by atoms with Crippen molar-refractivity contribution in [2.75, 3.05) is 13.7 Å². The summed E-state index contributed by atoms with van der Waals surface area (Å²) in [4.78, 5) is 0. The molecule has 2 aromatic carbocycles. The fourth-order valence-electron chi connectivity index (χ4n) is 2.23. The molecule has 21 heavy (non-hydrogen) atoms. The van der Waals surface area contributed by atoms with Gasteiger partial charge in [0.2, 0.25) is 0 Å². The van der Waals surface area contributed by atoms with Crippen molar-refractivity contribution < 1.29 is 13.5 Å². The number of nitrogens with one attached hydrogen (secondary N) is 1. The van der Waals surface area contributed by atoms with E-state index in [0.29, 0.717) is 23.4 Å². The molecule has 2 aromatic rings. The minimum absolute atomic E-state index is 0.407. The van der Waals surface area contributed by atoms with E-state index in [1.807, 2.05) is 13.0 Å². The van der Waals surface area contributed by atoms with Crippen molar-refractivity contribution in [2.45, 2.75) is 20.4 Å². The maximum atomic E-state index is 14.1. The molecule has 112 valence electrons. The molecule has 0 amide bonds. The van der Waals surface area contributed by atoms with Crippen LogP contribution in [0.4, 0.5) is 8.78 Å². The van der Waals surface area contributed by atoms with Gasteiger partial charge >= 0.3 is 0 Å². The summed E-state index contributed by atoms with van der Waals surface area (Å²) in [6.45, 7) is 5.04. The molecule has 0 aliphatic rings. The Balaban J connectivity index is 2.54. The molecule has 0 atom stereocenters. The molecule has 0 saturated carbocycles. The van der Waals surface area contributed by atoms with Crippen molar-refractivity contribution in [2.24, 2.45) is 0 Å². The van der Waals surface area contributed by atoms with Crippen LogP contribution in [0.15, 0.2) is 30.3 Å². The molecule has 4 heteroatoms. The van der Waals surface area contributed by atoms with Gasteiger partial charge in [-0.15, -0.1) is 0 Å². The summed E-state index contributed by atoms with van der Waals surface area (Å²) in [5, 5.41) is 3.22. The summed E-state index contributed by atoms with van der Waals surface area (Å²) in [5.74, 6) is -0.370. The first-order chi connectivity index (χ1) is 10.1. The van der Waals surface area contributed by atoms with Gasteiger partial charge in [-0.05, 0) is 48.4 Å². The summed E-state index contributed by atoms with van der Waals surface area (Å²) in [7, 11) is 1.59. The number of hydrogen-bond acceptors (Lipinski definition) is 2. The quantitative estimate of drug-likeness (QED) is 0.897. The first kappa shape index (κ1) is 15.4. The summed E-state index contributed by atoms with van der Waals surface area (Å²) in [6, 6.07) is 7.94. The van der Waals surface area contributed by atoms with Gasteiger partial charge < -0.3 is 10.1 Å². The minimum Gasteiger partial charge on any atom is -0.497 e. The molecule has 0 aromatic heterocycles. The van der Waals surface area contributed by atoms with E-state index in [2.05, 4.69) is 5.32 Å². The average molecular weight is 291 g/mol. The van der Waals surface area contributed by atoms with Crippen LogP contribution in [0.2, 0.25) is 0 Å². The van der Waals surface area contributed by atoms with Crippen molar-refractivity contribution in [1.82, 2.24) is 5.32 Å². The van der Waals surface area contributed by atoms with Gasteiger partial charge in [-0.1, -0.05) is 13.0 Å². The van der Waals surface area contributed by atoms with E-state index in [1.54, 1.807) is 32.2 Å². The molecule has 0 unspecified atom stereocenters. The van der Waals surface area contributed by atoms with Crippen LogP contribution in [0.5, 0.6) is 5.75 Å². The van der Waals surface area contributed by atoms with Gasteiger partial charge in [-0.2, -0.15) is 0 Å². The Morgan fingerprint density at radius 2 is 1.81 bits per heavy atom. The summed E-state index contributed by atoms with van der Waals surface area (Å²) < 4.78 is 32.8. The van der Waals surface area contributed by atoms with Crippen LogP contribution >= 0.6 is 0 Å². The second-order valence-corrected chi connectivity index (χ2v) is 4.88. The molecule has 0 aliphatic heterocycles. The van der Waals surface area contributed by atoms with Gasteiger partial charge in [0.25, 0.3) is 0 Å². The molecule has 0 spiro atoms. The van der Waals surface area contributed by atoms with E-state index < -0.39 is 11.6 Å². The second kappa shape index (κ2) is 6.68. The summed E-state index contributed by atoms with van der Waals surface area (Å²) in [5.41, 5.74) is 2.50. The van der Waals surface area contributed by atoms with Crippen LogP contribution in [0.1, 0.15) is 18.1 Å². The predicted molar refractivity (Wildman–Crippen MR) is 80.5 cm³/mol. The van der Waals surface area contributed by atoms with E-state index in [1.165, 1.54) is 0 Å². The normalized spacial score (nSPS) is 10.7. The molecule has 0 saturated heterocycles. The Labute approximate surface area is 123 Å². The number of halogens is 2. The van der Waals surface area contributed by atoms with Crippen LogP contribution < -0.4 is 10.1 Å². The number of rotatable bonds is 5. The molecule has 0 heterocycles. The zero-order chi connectivity index (χ0) is 15.4. The van der Waals surface area contributed by atoms with Crippen LogP contribution in [-0.2, 0) is 6.54 Å². The monoisotopic (exact) mass is 291 g/mol. The van der Waals surface area contributed by atoms with E-state index >= 15 is 0 Å². The molecule has 0 fully saturated rings. The van der Waals surface area contributed by atoms with E-state index in [-0.39, 0.29) is 0 Å². The fraction of sp³-hybridized carbons (Fsp3) is 0.294. The van der Waals surface area contributed by atoms with E-state index in [9.17, 15) is 8.78 Å². The highest BCUT2D eigenvalue weighted by molar-refractivity contribution is 5.69.